The molecule has 0 aliphatic rings. The Bertz CT molecular complexity index is 431. The van der Waals surface area contributed by atoms with Gasteiger partial charge in [0.2, 0.25) is 5.91 Å². The number of amides is 1. The third kappa shape index (κ3) is 5.05. The van der Waals surface area contributed by atoms with E-state index in [1.54, 1.807) is 24.1 Å². The second-order valence-corrected chi connectivity index (χ2v) is 4.37. The minimum absolute atomic E-state index is 0.0185. The summed E-state index contributed by atoms with van der Waals surface area (Å²) in [6, 6.07) is 6.09. The van der Waals surface area contributed by atoms with Crippen molar-refractivity contribution in [3.63, 3.8) is 0 Å². The summed E-state index contributed by atoms with van der Waals surface area (Å²) in [5.41, 5.74) is 0.828. The third-order valence-electron chi connectivity index (χ3n) is 2.85. The summed E-state index contributed by atoms with van der Waals surface area (Å²) < 4.78 is 0. The molecule has 19 heavy (non-hydrogen) atoms. The van der Waals surface area contributed by atoms with Crippen molar-refractivity contribution in [2.75, 3.05) is 27.2 Å². The molecule has 104 valence electrons. The van der Waals surface area contributed by atoms with Crippen molar-refractivity contribution >= 4 is 11.6 Å². The van der Waals surface area contributed by atoms with Crippen molar-refractivity contribution in [2.24, 2.45) is 0 Å². The van der Waals surface area contributed by atoms with Gasteiger partial charge in [-0.2, -0.15) is 0 Å². The fourth-order valence-electron chi connectivity index (χ4n) is 1.66. The molecule has 0 spiro atoms. The van der Waals surface area contributed by atoms with Crippen LogP contribution in [0.4, 0.5) is 5.69 Å². The van der Waals surface area contributed by atoms with Gasteiger partial charge in [0.25, 0.3) is 5.69 Å². The number of carbonyl (C=O) groups is 1. The Labute approximate surface area is 112 Å². The highest BCUT2D eigenvalue weighted by Crippen LogP contribution is 2.12. The summed E-state index contributed by atoms with van der Waals surface area (Å²) in [7, 11) is 3.64. The topological polar surface area (TPSA) is 75.5 Å². The first-order valence-corrected chi connectivity index (χ1v) is 6.16. The van der Waals surface area contributed by atoms with Gasteiger partial charge in [-0.15, -0.1) is 0 Å². The van der Waals surface area contributed by atoms with E-state index in [1.807, 2.05) is 7.05 Å². The Morgan fingerprint density at radius 1 is 1.37 bits per heavy atom. The molecular weight excluding hydrogens is 246 g/mol. The summed E-state index contributed by atoms with van der Waals surface area (Å²) in [6.45, 7) is 1.57. The Morgan fingerprint density at radius 3 is 2.53 bits per heavy atom. The number of hydrogen-bond donors (Lipinski definition) is 1. The lowest BCUT2D eigenvalue weighted by Gasteiger charge is -2.17. The van der Waals surface area contributed by atoms with Crippen molar-refractivity contribution in [3.8, 4) is 0 Å². The average Bonchev–Trinajstić information content (AvgIpc) is 2.39. The molecule has 0 aliphatic carbocycles. The van der Waals surface area contributed by atoms with Gasteiger partial charge in [-0.1, -0.05) is 12.1 Å². The second kappa shape index (κ2) is 7.48. The molecule has 0 atom stereocenters. The smallest absolute Gasteiger partial charge is 0.269 e. The van der Waals surface area contributed by atoms with Crippen molar-refractivity contribution in [3.05, 3.63) is 39.9 Å². The molecule has 0 unspecified atom stereocenters. The molecule has 0 fully saturated rings. The molecular formula is C13H19N3O3. The van der Waals surface area contributed by atoms with Crippen molar-refractivity contribution in [1.82, 2.24) is 10.2 Å². The number of non-ortho nitro benzene ring substituents is 1. The molecule has 6 heteroatoms. The highest BCUT2D eigenvalue weighted by molar-refractivity contribution is 5.78. The zero-order valence-electron chi connectivity index (χ0n) is 11.3. The van der Waals surface area contributed by atoms with Crippen LogP contribution in [-0.2, 0) is 11.2 Å². The molecule has 1 rings (SSSR count). The normalized spacial score (nSPS) is 10.2. The van der Waals surface area contributed by atoms with E-state index in [-0.39, 0.29) is 18.0 Å². The number of carbonyl (C=O) groups excluding carboxylic acids is 1. The second-order valence-electron chi connectivity index (χ2n) is 4.37. The Hall–Kier alpha value is -1.95. The highest BCUT2D eigenvalue weighted by Gasteiger charge is 2.10. The van der Waals surface area contributed by atoms with E-state index < -0.39 is 4.92 Å². The molecule has 0 bridgehead atoms. The maximum Gasteiger partial charge on any atom is 0.269 e. The zero-order chi connectivity index (χ0) is 14.3. The molecule has 0 saturated heterocycles. The number of likely N-dealkylation sites (N-methyl/N-ethyl adjacent to an activating group) is 1. The maximum atomic E-state index is 11.9. The van der Waals surface area contributed by atoms with Crippen LogP contribution < -0.4 is 5.32 Å². The maximum absolute atomic E-state index is 11.9. The fourth-order valence-corrected chi connectivity index (χ4v) is 1.66. The summed E-state index contributed by atoms with van der Waals surface area (Å²) >= 11 is 0. The van der Waals surface area contributed by atoms with Crippen LogP contribution in [0.1, 0.15) is 12.0 Å². The number of rotatable bonds is 7. The van der Waals surface area contributed by atoms with Gasteiger partial charge in [0.05, 0.1) is 11.3 Å². The Morgan fingerprint density at radius 2 is 2.00 bits per heavy atom. The molecule has 0 heterocycles. The fraction of sp³-hybridized carbons (Fsp3) is 0.462. The van der Waals surface area contributed by atoms with Crippen molar-refractivity contribution in [1.29, 1.82) is 0 Å². The van der Waals surface area contributed by atoms with E-state index in [4.69, 9.17) is 0 Å². The van der Waals surface area contributed by atoms with Crippen LogP contribution in [-0.4, -0.2) is 42.9 Å². The summed E-state index contributed by atoms with van der Waals surface area (Å²) in [5, 5.41) is 13.5. The lowest BCUT2D eigenvalue weighted by atomic mass is 10.1. The van der Waals surface area contributed by atoms with Crippen molar-refractivity contribution in [2.45, 2.75) is 12.8 Å². The largest absolute Gasteiger partial charge is 0.345 e. The van der Waals surface area contributed by atoms with Crippen LogP contribution in [0.3, 0.4) is 0 Å². The van der Waals surface area contributed by atoms with Gasteiger partial charge < -0.3 is 10.2 Å². The van der Waals surface area contributed by atoms with Gasteiger partial charge in [0.15, 0.2) is 0 Å². The highest BCUT2D eigenvalue weighted by atomic mass is 16.6. The average molecular weight is 265 g/mol. The molecule has 1 N–H and O–H groups in total. The van der Waals surface area contributed by atoms with E-state index in [0.717, 1.165) is 18.5 Å². The molecule has 6 nitrogen and oxygen atoms in total. The SMILES string of the molecule is CNCCCN(C)C(=O)Cc1ccc([N+](=O)[O-])cc1. The van der Waals surface area contributed by atoms with E-state index in [0.29, 0.717) is 6.54 Å². The summed E-state index contributed by atoms with van der Waals surface area (Å²) in [6.07, 6.45) is 1.17. The van der Waals surface area contributed by atoms with Crippen LogP contribution in [0.25, 0.3) is 0 Å². The lowest BCUT2D eigenvalue weighted by Crippen LogP contribution is -2.30. The van der Waals surface area contributed by atoms with Crippen LogP contribution in [0.15, 0.2) is 24.3 Å². The molecule has 1 aromatic rings. The predicted octanol–water partition coefficient (Wildman–Crippen LogP) is 1.21. The number of nitrogens with one attached hydrogen (secondary N) is 1. The van der Waals surface area contributed by atoms with Crippen LogP contribution in [0.5, 0.6) is 0 Å². The lowest BCUT2D eigenvalue weighted by molar-refractivity contribution is -0.384. The molecule has 0 saturated carbocycles. The third-order valence-corrected chi connectivity index (χ3v) is 2.85. The Balaban J connectivity index is 2.49. The van der Waals surface area contributed by atoms with Crippen LogP contribution in [0.2, 0.25) is 0 Å². The number of nitro benzene ring substituents is 1. The standard InChI is InChI=1S/C13H19N3O3/c1-14-8-3-9-15(2)13(17)10-11-4-6-12(7-5-11)16(18)19/h4-7,14H,3,8-10H2,1-2H3. The molecule has 1 aromatic carbocycles. The van der Waals surface area contributed by atoms with Crippen LogP contribution >= 0.6 is 0 Å². The zero-order valence-corrected chi connectivity index (χ0v) is 11.3. The summed E-state index contributed by atoms with van der Waals surface area (Å²) in [5.74, 6) is 0.0185. The van der Waals surface area contributed by atoms with Gasteiger partial charge in [0, 0.05) is 25.7 Å². The quantitative estimate of drug-likeness (QED) is 0.456. The van der Waals surface area contributed by atoms with Gasteiger partial charge in [-0.05, 0) is 25.6 Å². The number of hydrogen-bond acceptors (Lipinski definition) is 4. The molecule has 0 aliphatic heterocycles. The number of nitro groups is 1. The van der Waals surface area contributed by atoms with Crippen molar-refractivity contribution < 1.29 is 9.72 Å². The van der Waals surface area contributed by atoms with Gasteiger partial charge >= 0.3 is 0 Å². The van der Waals surface area contributed by atoms with E-state index >= 15 is 0 Å². The van der Waals surface area contributed by atoms with E-state index in [2.05, 4.69) is 5.32 Å². The predicted molar refractivity (Wildman–Crippen MR) is 73.0 cm³/mol. The minimum atomic E-state index is -0.449. The number of nitrogens with zero attached hydrogens (tertiary/aromatic N) is 2. The van der Waals surface area contributed by atoms with E-state index in [1.165, 1.54) is 12.1 Å². The minimum Gasteiger partial charge on any atom is -0.345 e. The first-order valence-electron chi connectivity index (χ1n) is 6.16. The number of benzene rings is 1. The van der Waals surface area contributed by atoms with Gasteiger partial charge in [-0.25, -0.2) is 0 Å². The van der Waals surface area contributed by atoms with Crippen LogP contribution in [0, 0.1) is 10.1 Å². The van der Waals surface area contributed by atoms with Gasteiger partial charge in [-0.3, -0.25) is 14.9 Å². The van der Waals surface area contributed by atoms with E-state index in [9.17, 15) is 14.9 Å². The monoisotopic (exact) mass is 265 g/mol. The Kier molecular flexibility index (Phi) is 5.95. The molecule has 1 amide bonds. The molecule has 0 radical (unpaired) electrons. The first-order chi connectivity index (χ1) is 9.04. The van der Waals surface area contributed by atoms with Gasteiger partial charge in [0.1, 0.15) is 0 Å². The first kappa shape index (κ1) is 15.1. The molecule has 0 aromatic heterocycles. The summed E-state index contributed by atoms with van der Waals surface area (Å²) in [4.78, 5) is 23.6.